The molecule has 52 heavy (non-hydrogen) atoms. The number of ether oxygens (including phenoxy) is 4. The van der Waals surface area contributed by atoms with Crippen LogP contribution in [0.2, 0.25) is 0 Å². The summed E-state index contributed by atoms with van der Waals surface area (Å²) in [5.74, 6) is -6.67. The van der Waals surface area contributed by atoms with E-state index in [-0.39, 0.29) is 70.6 Å². The van der Waals surface area contributed by atoms with E-state index in [9.17, 15) is 49.8 Å². The average molecular weight is 715 g/mol. The molecule has 0 aromatic heterocycles. The molecule has 3 aromatic rings. The molecule has 2 fully saturated rings. The number of esters is 2. The molecule has 14 nitrogen and oxygen atoms in total. The maximum absolute atomic E-state index is 13.6. The number of fused-ring (bicyclic) bond motifs is 4. The Labute approximate surface area is 295 Å². The van der Waals surface area contributed by atoms with E-state index in [1.165, 1.54) is 38.1 Å². The number of methoxy groups -OCH3 is 1. The van der Waals surface area contributed by atoms with E-state index in [2.05, 4.69) is 0 Å². The molecule has 0 saturated heterocycles. The topological polar surface area (TPSA) is 227 Å². The number of phenolic OH excluding ortho intramolecular Hbond substituents is 2. The molecule has 270 valence electrons. The van der Waals surface area contributed by atoms with Crippen LogP contribution in [0.1, 0.15) is 58.3 Å². The minimum absolute atomic E-state index is 0.0339. The molecule has 7 rings (SSSR count). The number of carbonyl (C=O) groups excluding carboxylic acids is 4. The second-order valence-electron chi connectivity index (χ2n) is 13.2. The lowest BCUT2D eigenvalue weighted by Crippen LogP contribution is -2.62. The van der Waals surface area contributed by atoms with Crippen LogP contribution in [0.15, 0.2) is 53.6 Å². The summed E-state index contributed by atoms with van der Waals surface area (Å²) < 4.78 is 23.0. The second-order valence-corrected chi connectivity index (χ2v) is 13.2. The van der Waals surface area contributed by atoms with Gasteiger partial charge in [0.2, 0.25) is 0 Å². The van der Waals surface area contributed by atoms with E-state index in [1.807, 2.05) is 0 Å². The fourth-order valence-corrected chi connectivity index (χ4v) is 7.83. The molecule has 0 radical (unpaired) electrons. The van der Waals surface area contributed by atoms with Crippen LogP contribution in [0.3, 0.4) is 0 Å². The summed E-state index contributed by atoms with van der Waals surface area (Å²) in [6.07, 6.45) is -3.43. The number of hydrogen-bond donors (Lipinski definition) is 6. The molecular formula is C38H34O14. The SMILES string of the molecule is COC(=O)C12Oc3cc(C)c(-c4c(C)cc5c(c4O)C(O)=C4C(=O)CCC(O)C4(CO)O5)c(O)c3C(O)=C1C(=O)CCC2OC(=O)c1ccccc1. The lowest BCUT2D eigenvalue weighted by atomic mass is 9.73. The summed E-state index contributed by atoms with van der Waals surface area (Å²) in [6.45, 7) is 2.20. The first-order valence-corrected chi connectivity index (χ1v) is 16.4. The van der Waals surface area contributed by atoms with Crippen molar-refractivity contribution in [1.82, 2.24) is 0 Å². The molecule has 14 heteroatoms. The Hall–Kier alpha value is -5.86. The molecule has 2 saturated carbocycles. The lowest BCUT2D eigenvalue weighted by molar-refractivity contribution is -0.170. The summed E-state index contributed by atoms with van der Waals surface area (Å²) in [4.78, 5) is 53.4. The van der Waals surface area contributed by atoms with Gasteiger partial charge in [0, 0.05) is 24.0 Å². The number of aryl methyl sites for hydroxylation is 2. The number of aliphatic hydroxyl groups excluding tert-OH is 4. The number of aliphatic hydroxyl groups is 4. The van der Waals surface area contributed by atoms with Crippen molar-refractivity contribution in [2.75, 3.05) is 13.7 Å². The van der Waals surface area contributed by atoms with Crippen LogP contribution in [0.25, 0.3) is 22.6 Å². The van der Waals surface area contributed by atoms with Gasteiger partial charge >= 0.3 is 11.9 Å². The van der Waals surface area contributed by atoms with Crippen molar-refractivity contribution in [3.63, 3.8) is 0 Å². The summed E-state index contributed by atoms with van der Waals surface area (Å²) >= 11 is 0. The van der Waals surface area contributed by atoms with E-state index >= 15 is 0 Å². The van der Waals surface area contributed by atoms with Gasteiger partial charge in [-0.1, -0.05) is 18.2 Å². The standard InChI is InChI=1S/C38H34O14/c1-16-13-21-27(33(45)29-19(40)9-11-23(42)37(29,15-39)51-21)31(43)25(16)26-17(2)14-22-28(32(26)44)34(46)30-20(41)10-12-24(38(30,52-22)36(48)49-3)50-35(47)18-7-5-4-6-8-18/h4-8,13-14,23-24,39,42-46H,9-12,15H2,1-3H3. The lowest BCUT2D eigenvalue weighted by Gasteiger charge is -2.44. The maximum atomic E-state index is 13.6. The van der Waals surface area contributed by atoms with Gasteiger partial charge in [0.15, 0.2) is 23.3 Å². The van der Waals surface area contributed by atoms with Crippen molar-refractivity contribution in [2.24, 2.45) is 0 Å². The van der Waals surface area contributed by atoms with Crippen LogP contribution in [0.4, 0.5) is 0 Å². The number of ketones is 2. The Bertz CT molecular complexity index is 2170. The molecule has 6 N–H and O–H groups in total. The van der Waals surface area contributed by atoms with Crippen molar-refractivity contribution < 1.29 is 68.8 Å². The van der Waals surface area contributed by atoms with Gasteiger partial charge in [-0.25, -0.2) is 9.59 Å². The molecule has 4 atom stereocenters. The fraction of sp³-hybridized carbons (Fsp3) is 0.316. The van der Waals surface area contributed by atoms with Crippen molar-refractivity contribution in [2.45, 2.75) is 62.9 Å². The van der Waals surface area contributed by atoms with Gasteiger partial charge in [0.25, 0.3) is 5.60 Å². The zero-order chi connectivity index (χ0) is 37.4. The molecule has 2 heterocycles. The number of aromatic hydroxyl groups is 2. The van der Waals surface area contributed by atoms with E-state index in [0.717, 1.165) is 7.11 Å². The maximum Gasteiger partial charge on any atom is 0.359 e. The molecule has 0 amide bonds. The smallest absolute Gasteiger partial charge is 0.359 e. The van der Waals surface area contributed by atoms with Crippen molar-refractivity contribution in [3.05, 3.63) is 81.4 Å². The van der Waals surface area contributed by atoms with Crippen LogP contribution < -0.4 is 9.47 Å². The molecule has 2 aliphatic heterocycles. The first-order valence-electron chi connectivity index (χ1n) is 16.4. The van der Waals surface area contributed by atoms with Crippen LogP contribution in [0.5, 0.6) is 23.0 Å². The molecule has 4 aliphatic rings. The summed E-state index contributed by atoms with van der Waals surface area (Å²) in [5, 5.41) is 68.0. The Morgan fingerprint density at radius 3 is 1.92 bits per heavy atom. The Morgan fingerprint density at radius 1 is 0.808 bits per heavy atom. The highest BCUT2D eigenvalue weighted by atomic mass is 16.6. The quantitative estimate of drug-likeness (QED) is 0.208. The fourth-order valence-electron chi connectivity index (χ4n) is 7.83. The van der Waals surface area contributed by atoms with Crippen LogP contribution in [-0.4, -0.2) is 91.3 Å². The summed E-state index contributed by atoms with van der Waals surface area (Å²) in [5.41, 5.74) is -5.74. The molecule has 4 unspecified atom stereocenters. The average Bonchev–Trinajstić information content (AvgIpc) is 3.11. The minimum Gasteiger partial charge on any atom is -0.506 e. The number of hydrogen-bond acceptors (Lipinski definition) is 14. The third-order valence-corrected chi connectivity index (χ3v) is 10.3. The largest absolute Gasteiger partial charge is 0.506 e. The van der Waals surface area contributed by atoms with Crippen LogP contribution in [-0.2, 0) is 23.9 Å². The van der Waals surface area contributed by atoms with Crippen molar-refractivity contribution in [3.8, 4) is 34.1 Å². The predicted molar refractivity (Wildman–Crippen MR) is 180 cm³/mol. The monoisotopic (exact) mass is 714 g/mol. The van der Waals surface area contributed by atoms with Gasteiger partial charge in [0.05, 0.1) is 30.4 Å². The summed E-state index contributed by atoms with van der Waals surface area (Å²) in [6, 6.07) is 10.6. The van der Waals surface area contributed by atoms with Gasteiger partial charge < -0.3 is 49.6 Å². The number of rotatable bonds is 5. The summed E-state index contributed by atoms with van der Waals surface area (Å²) in [7, 11) is 1.04. The Balaban J connectivity index is 1.41. The van der Waals surface area contributed by atoms with Crippen LogP contribution >= 0.6 is 0 Å². The molecule has 3 aromatic carbocycles. The first kappa shape index (κ1) is 34.6. The second kappa shape index (κ2) is 12.1. The normalized spacial score (nSPS) is 24.9. The van der Waals surface area contributed by atoms with E-state index in [1.54, 1.807) is 18.2 Å². The van der Waals surface area contributed by atoms with Gasteiger partial charge in [0.1, 0.15) is 51.7 Å². The number of benzene rings is 3. The minimum atomic E-state index is -2.46. The number of carbonyl (C=O) groups is 4. The van der Waals surface area contributed by atoms with E-state index in [4.69, 9.17) is 18.9 Å². The first-order chi connectivity index (χ1) is 24.7. The molecule has 2 aliphatic carbocycles. The zero-order valence-corrected chi connectivity index (χ0v) is 28.2. The molecule has 0 spiro atoms. The van der Waals surface area contributed by atoms with Crippen molar-refractivity contribution in [1.29, 1.82) is 0 Å². The highest BCUT2D eigenvalue weighted by Gasteiger charge is 2.63. The highest BCUT2D eigenvalue weighted by molar-refractivity contribution is 6.13. The number of phenols is 2. The van der Waals surface area contributed by atoms with Gasteiger partial charge in [-0.05, 0) is 62.1 Å². The molecule has 0 bridgehead atoms. The Morgan fingerprint density at radius 2 is 1.35 bits per heavy atom. The zero-order valence-electron chi connectivity index (χ0n) is 28.2. The van der Waals surface area contributed by atoms with Crippen LogP contribution in [0, 0.1) is 13.8 Å². The van der Waals surface area contributed by atoms with E-state index < -0.39 is 93.2 Å². The Kier molecular flexibility index (Phi) is 8.07. The van der Waals surface area contributed by atoms with E-state index in [0.29, 0.717) is 0 Å². The third kappa shape index (κ3) is 4.63. The van der Waals surface area contributed by atoms with Crippen molar-refractivity contribution >= 4 is 35.0 Å². The highest BCUT2D eigenvalue weighted by Crippen LogP contribution is 2.57. The van der Waals surface area contributed by atoms with Gasteiger partial charge in [-0.2, -0.15) is 0 Å². The molecular weight excluding hydrogens is 680 g/mol. The number of Topliss-reactive ketones (excluding diaryl/α,β-unsaturated/α-hetero) is 2. The third-order valence-electron chi connectivity index (χ3n) is 10.3. The predicted octanol–water partition coefficient (Wildman–Crippen LogP) is 3.66. The van der Waals surface area contributed by atoms with Gasteiger partial charge in [-0.15, -0.1) is 0 Å². The van der Waals surface area contributed by atoms with Gasteiger partial charge in [-0.3, -0.25) is 9.59 Å².